The van der Waals surface area contributed by atoms with Gasteiger partial charge in [0, 0.05) is 12.1 Å². The number of benzene rings is 2. The minimum atomic E-state index is -1.34. The van der Waals surface area contributed by atoms with E-state index in [0.29, 0.717) is 6.61 Å². The first kappa shape index (κ1) is 16.5. The average Bonchev–Trinajstić information content (AvgIpc) is 2.94. The molecule has 0 bridgehead atoms. The van der Waals surface area contributed by atoms with Crippen LogP contribution in [-0.2, 0) is 16.0 Å². The fraction of sp³-hybridized carbons (Fsp3) is 0.235. The Bertz CT molecular complexity index is 741. The lowest BCUT2D eigenvalue weighted by Gasteiger charge is -2.15. The molecule has 0 aliphatic carbocycles. The van der Waals surface area contributed by atoms with Crippen molar-refractivity contribution in [3.8, 4) is 5.75 Å². The van der Waals surface area contributed by atoms with E-state index in [2.05, 4.69) is 5.32 Å². The van der Waals surface area contributed by atoms with Crippen LogP contribution in [-0.4, -0.2) is 24.7 Å². The van der Waals surface area contributed by atoms with Crippen molar-refractivity contribution in [1.82, 2.24) is 5.32 Å². The SMILES string of the molecule is CCOc1ccc2c(c1F)C(C(=O)NCc1ccccc1)OB2O. The summed E-state index contributed by atoms with van der Waals surface area (Å²) in [6.07, 6.45) is -1.21. The van der Waals surface area contributed by atoms with Gasteiger partial charge in [0.1, 0.15) is 0 Å². The van der Waals surface area contributed by atoms with Crippen molar-refractivity contribution in [2.45, 2.75) is 19.6 Å². The van der Waals surface area contributed by atoms with Crippen molar-refractivity contribution in [1.29, 1.82) is 0 Å². The number of carbonyl (C=O) groups excluding carboxylic acids is 1. The number of fused-ring (bicyclic) bond motifs is 1. The molecule has 124 valence electrons. The zero-order chi connectivity index (χ0) is 17.1. The lowest BCUT2D eigenvalue weighted by molar-refractivity contribution is -0.128. The van der Waals surface area contributed by atoms with Crippen LogP contribution in [0.2, 0.25) is 0 Å². The fourth-order valence-electron chi connectivity index (χ4n) is 2.68. The molecule has 24 heavy (non-hydrogen) atoms. The van der Waals surface area contributed by atoms with Crippen LogP contribution < -0.4 is 15.5 Å². The van der Waals surface area contributed by atoms with Gasteiger partial charge in [0.05, 0.1) is 6.61 Å². The zero-order valence-corrected chi connectivity index (χ0v) is 13.2. The lowest BCUT2D eigenvalue weighted by atomic mass is 9.79. The Kier molecular flexibility index (Phi) is 4.82. The molecule has 0 saturated heterocycles. The molecule has 1 heterocycles. The summed E-state index contributed by atoms with van der Waals surface area (Å²) in [7, 11) is -1.34. The summed E-state index contributed by atoms with van der Waals surface area (Å²) in [6, 6.07) is 12.3. The topological polar surface area (TPSA) is 67.8 Å². The molecule has 1 atom stereocenters. The minimum Gasteiger partial charge on any atom is -0.491 e. The molecule has 7 heteroatoms. The van der Waals surface area contributed by atoms with Crippen LogP contribution in [0.15, 0.2) is 42.5 Å². The first-order chi connectivity index (χ1) is 11.6. The molecule has 1 aliphatic rings. The van der Waals surface area contributed by atoms with E-state index >= 15 is 0 Å². The quantitative estimate of drug-likeness (QED) is 0.812. The summed E-state index contributed by atoms with van der Waals surface area (Å²) in [5.41, 5.74) is 1.18. The van der Waals surface area contributed by atoms with Gasteiger partial charge in [0.15, 0.2) is 17.7 Å². The van der Waals surface area contributed by atoms with E-state index in [4.69, 9.17) is 9.39 Å². The molecular weight excluding hydrogens is 312 g/mol. The standard InChI is InChI=1S/C17H17BFNO4/c1-2-23-13-9-8-12-14(15(13)19)16(24-18(12)22)17(21)20-10-11-6-4-3-5-7-11/h3-9,16,22H,2,10H2,1H3,(H,20,21). The van der Waals surface area contributed by atoms with Gasteiger partial charge in [-0.05, 0) is 24.0 Å². The molecule has 0 saturated carbocycles. The Morgan fingerprint density at radius 3 is 2.79 bits per heavy atom. The third-order valence-electron chi connectivity index (χ3n) is 3.82. The summed E-state index contributed by atoms with van der Waals surface area (Å²) in [6.45, 7) is 2.32. The minimum absolute atomic E-state index is 0.0269. The van der Waals surface area contributed by atoms with Gasteiger partial charge in [-0.15, -0.1) is 0 Å². The third kappa shape index (κ3) is 3.13. The monoisotopic (exact) mass is 329 g/mol. The van der Waals surface area contributed by atoms with Crippen LogP contribution in [0.4, 0.5) is 4.39 Å². The summed E-state index contributed by atoms with van der Waals surface area (Å²) in [5.74, 6) is -1.15. The van der Waals surface area contributed by atoms with Crippen molar-refractivity contribution < 1.29 is 23.6 Å². The lowest BCUT2D eigenvalue weighted by Crippen LogP contribution is -2.30. The molecule has 0 radical (unpaired) electrons. The number of amides is 1. The number of hydrogen-bond acceptors (Lipinski definition) is 4. The van der Waals surface area contributed by atoms with Crippen molar-refractivity contribution in [2.24, 2.45) is 0 Å². The summed E-state index contributed by atoms with van der Waals surface area (Å²) >= 11 is 0. The first-order valence-corrected chi connectivity index (χ1v) is 7.72. The smallest absolute Gasteiger partial charge is 0.491 e. The highest BCUT2D eigenvalue weighted by molar-refractivity contribution is 6.62. The second-order valence-corrected chi connectivity index (χ2v) is 5.39. The van der Waals surface area contributed by atoms with Gasteiger partial charge in [0.2, 0.25) is 0 Å². The van der Waals surface area contributed by atoms with Gasteiger partial charge in [-0.2, -0.15) is 0 Å². The first-order valence-electron chi connectivity index (χ1n) is 7.72. The second kappa shape index (κ2) is 7.03. The third-order valence-corrected chi connectivity index (χ3v) is 3.82. The second-order valence-electron chi connectivity index (χ2n) is 5.39. The number of rotatable bonds is 5. The molecule has 1 amide bonds. The maximum Gasteiger partial charge on any atom is 0.492 e. The van der Waals surface area contributed by atoms with E-state index in [1.807, 2.05) is 30.3 Å². The molecular formula is C17H17BFNO4. The van der Waals surface area contributed by atoms with E-state index in [9.17, 15) is 14.2 Å². The number of carbonyl (C=O) groups is 1. The number of hydrogen-bond donors (Lipinski definition) is 2. The van der Waals surface area contributed by atoms with E-state index in [0.717, 1.165) is 5.56 Å². The summed E-state index contributed by atoms with van der Waals surface area (Å²) in [5, 5.41) is 12.6. The number of ether oxygens (including phenoxy) is 1. The van der Waals surface area contributed by atoms with E-state index in [1.165, 1.54) is 12.1 Å². The highest BCUT2D eigenvalue weighted by atomic mass is 19.1. The zero-order valence-electron chi connectivity index (χ0n) is 13.2. The molecule has 5 nitrogen and oxygen atoms in total. The predicted octanol–water partition coefficient (Wildman–Crippen LogP) is 1.30. The van der Waals surface area contributed by atoms with Crippen LogP contribution in [0.25, 0.3) is 0 Å². The predicted molar refractivity (Wildman–Crippen MR) is 87.3 cm³/mol. The Labute approximate surface area is 139 Å². The number of nitrogens with one attached hydrogen (secondary N) is 1. The van der Waals surface area contributed by atoms with Gasteiger partial charge in [-0.25, -0.2) is 4.39 Å². The van der Waals surface area contributed by atoms with E-state index in [-0.39, 0.29) is 23.3 Å². The van der Waals surface area contributed by atoms with Crippen molar-refractivity contribution in [3.05, 3.63) is 59.4 Å². The van der Waals surface area contributed by atoms with Crippen LogP contribution in [0.3, 0.4) is 0 Å². The average molecular weight is 329 g/mol. The van der Waals surface area contributed by atoms with Gasteiger partial charge in [-0.3, -0.25) is 4.79 Å². The van der Waals surface area contributed by atoms with Crippen molar-refractivity contribution in [2.75, 3.05) is 6.61 Å². The van der Waals surface area contributed by atoms with Gasteiger partial charge in [0.25, 0.3) is 5.91 Å². The van der Waals surface area contributed by atoms with Crippen molar-refractivity contribution >= 4 is 18.5 Å². The van der Waals surface area contributed by atoms with Gasteiger partial charge >= 0.3 is 7.12 Å². The molecule has 1 unspecified atom stereocenters. The summed E-state index contributed by atoms with van der Waals surface area (Å²) in [4.78, 5) is 12.4. The molecule has 3 rings (SSSR count). The Hall–Kier alpha value is -2.38. The molecule has 2 aromatic rings. The maximum atomic E-state index is 14.6. The number of halogens is 1. The van der Waals surface area contributed by atoms with Crippen LogP contribution in [0.5, 0.6) is 5.75 Å². The van der Waals surface area contributed by atoms with Crippen LogP contribution in [0, 0.1) is 5.82 Å². The fourth-order valence-corrected chi connectivity index (χ4v) is 2.68. The Morgan fingerprint density at radius 1 is 1.33 bits per heavy atom. The molecule has 0 spiro atoms. The highest BCUT2D eigenvalue weighted by Crippen LogP contribution is 2.31. The summed E-state index contributed by atoms with van der Waals surface area (Å²) < 4.78 is 25.1. The van der Waals surface area contributed by atoms with Gasteiger partial charge in [-0.1, -0.05) is 36.4 Å². The van der Waals surface area contributed by atoms with Crippen LogP contribution >= 0.6 is 0 Å². The maximum absolute atomic E-state index is 14.6. The van der Waals surface area contributed by atoms with Crippen LogP contribution in [0.1, 0.15) is 24.2 Å². The van der Waals surface area contributed by atoms with Crippen molar-refractivity contribution in [3.63, 3.8) is 0 Å². The Morgan fingerprint density at radius 2 is 2.08 bits per heavy atom. The highest BCUT2D eigenvalue weighted by Gasteiger charge is 2.42. The largest absolute Gasteiger partial charge is 0.492 e. The molecule has 0 aromatic heterocycles. The normalized spacial score (nSPS) is 16.0. The molecule has 1 aliphatic heterocycles. The molecule has 0 fully saturated rings. The molecule has 2 N–H and O–H groups in total. The van der Waals surface area contributed by atoms with Gasteiger partial charge < -0.3 is 19.7 Å². The Balaban J connectivity index is 1.81. The van der Waals surface area contributed by atoms with E-state index in [1.54, 1.807) is 6.92 Å². The van der Waals surface area contributed by atoms with E-state index < -0.39 is 24.9 Å². The molecule has 2 aromatic carbocycles.